The van der Waals surface area contributed by atoms with Crippen LogP contribution in [0.1, 0.15) is 21.9 Å². The molecule has 8 nitrogen and oxygen atoms in total. The molecule has 4 heterocycles. The van der Waals surface area contributed by atoms with E-state index < -0.39 is 0 Å². The number of halogens is 1. The molecule has 0 aliphatic heterocycles. The molecule has 0 aliphatic carbocycles. The van der Waals surface area contributed by atoms with E-state index in [-0.39, 0.29) is 11.6 Å². The number of carbonyl (C=O) groups excluding carboxylic acids is 1. The molecule has 6 aromatic rings. The number of benzene rings is 2. The Hall–Kier alpha value is -4.43. The molecule has 0 fully saturated rings. The second-order valence-electron chi connectivity index (χ2n) is 8.08. The minimum Gasteiger partial charge on any atom is -0.383 e. The highest BCUT2D eigenvalue weighted by Gasteiger charge is 2.20. The summed E-state index contributed by atoms with van der Waals surface area (Å²) in [5.41, 5.74) is 12.2. The van der Waals surface area contributed by atoms with Crippen molar-refractivity contribution in [2.75, 3.05) is 5.73 Å². The molecule has 34 heavy (non-hydrogen) atoms. The van der Waals surface area contributed by atoms with Gasteiger partial charge < -0.3 is 15.7 Å². The van der Waals surface area contributed by atoms with Gasteiger partial charge in [0.1, 0.15) is 11.6 Å². The van der Waals surface area contributed by atoms with Crippen molar-refractivity contribution in [1.82, 2.24) is 29.7 Å². The van der Waals surface area contributed by atoms with Gasteiger partial charge in [-0.05, 0) is 48.9 Å². The number of aryl methyl sites for hydroxylation is 1. The van der Waals surface area contributed by atoms with Crippen molar-refractivity contribution < 1.29 is 4.79 Å². The van der Waals surface area contributed by atoms with E-state index in [2.05, 4.69) is 25.0 Å². The van der Waals surface area contributed by atoms with Crippen molar-refractivity contribution in [3.63, 3.8) is 0 Å². The zero-order valence-electron chi connectivity index (χ0n) is 18.0. The van der Waals surface area contributed by atoms with Crippen molar-refractivity contribution in [3.8, 4) is 16.8 Å². The molecule has 0 saturated carbocycles. The summed E-state index contributed by atoms with van der Waals surface area (Å²) in [6.45, 7) is 1.90. The molecule has 0 atom stereocenters. The van der Waals surface area contributed by atoms with E-state index in [1.807, 2.05) is 55.5 Å². The number of fused-ring (bicyclic) bond motifs is 2. The molecule has 0 amide bonds. The fourth-order valence-corrected chi connectivity index (χ4v) is 4.31. The van der Waals surface area contributed by atoms with Gasteiger partial charge in [-0.15, -0.1) is 0 Å². The van der Waals surface area contributed by atoms with Crippen molar-refractivity contribution in [1.29, 1.82) is 0 Å². The number of nitrogens with two attached hydrogens (primary N) is 1. The molecule has 6 rings (SSSR count). The maximum absolute atomic E-state index is 13.3. The fourth-order valence-electron chi connectivity index (χ4n) is 4.14. The number of ketones is 1. The van der Waals surface area contributed by atoms with Crippen LogP contribution >= 0.6 is 11.6 Å². The molecule has 0 spiro atoms. The number of aromatic nitrogens is 6. The highest BCUT2D eigenvalue weighted by atomic mass is 35.5. The average molecular weight is 468 g/mol. The number of nitrogens with one attached hydrogen (secondary N) is 2. The molecule has 0 bridgehead atoms. The van der Waals surface area contributed by atoms with Crippen LogP contribution in [0.15, 0.2) is 67.1 Å². The summed E-state index contributed by atoms with van der Waals surface area (Å²) in [6, 6.07) is 15.2. The number of imidazole rings is 1. The third kappa shape index (κ3) is 3.32. The fraction of sp³-hybridized carbons (Fsp3) is 0.0400. The molecular formula is C25H18ClN7O. The summed E-state index contributed by atoms with van der Waals surface area (Å²) < 4.78 is 1.55. The minimum atomic E-state index is -0.232. The van der Waals surface area contributed by atoms with Crippen LogP contribution in [0, 0.1) is 6.92 Å². The number of H-pyrrole nitrogens is 2. The average Bonchev–Trinajstić information content (AvgIpc) is 3.53. The van der Waals surface area contributed by atoms with E-state index in [1.165, 1.54) is 6.20 Å². The normalized spacial score (nSPS) is 11.5. The van der Waals surface area contributed by atoms with Gasteiger partial charge in [0, 0.05) is 28.9 Å². The number of pyridine rings is 1. The van der Waals surface area contributed by atoms with Gasteiger partial charge in [-0.1, -0.05) is 23.7 Å². The first-order valence-corrected chi connectivity index (χ1v) is 10.9. The Morgan fingerprint density at radius 1 is 0.971 bits per heavy atom. The number of rotatable bonds is 4. The predicted molar refractivity (Wildman–Crippen MR) is 132 cm³/mol. The zero-order valence-corrected chi connectivity index (χ0v) is 18.8. The third-order valence-corrected chi connectivity index (χ3v) is 5.99. The van der Waals surface area contributed by atoms with Crippen molar-refractivity contribution in [3.05, 3.63) is 89.2 Å². The van der Waals surface area contributed by atoms with E-state index in [9.17, 15) is 4.79 Å². The van der Waals surface area contributed by atoms with Crippen LogP contribution in [0.3, 0.4) is 0 Å². The lowest BCUT2D eigenvalue weighted by Gasteiger charge is -2.05. The van der Waals surface area contributed by atoms with Gasteiger partial charge in [0.2, 0.25) is 5.78 Å². The van der Waals surface area contributed by atoms with E-state index >= 15 is 0 Å². The summed E-state index contributed by atoms with van der Waals surface area (Å²) in [5.74, 6) is 0.861. The Morgan fingerprint density at radius 2 is 1.85 bits per heavy atom. The van der Waals surface area contributed by atoms with Gasteiger partial charge in [0.15, 0.2) is 0 Å². The highest BCUT2D eigenvalue weighted by Crippen LogP contribution is 2.28. The van der Waals surface area contributed by atoms with Crippen molar-refractivity contribution >= 4 is 45.1 Å². The van der Waals surface area contributed by atoms with E-state index in [0.717, 1.165) is 44.6 Å². The van der Waals surface area contributed by atoms with Gasteiger partial charge in [-0.3, -0.25) is 9.78 Å². The number of nitrogens with zero attached hydrogens (tertiary/aromatic N) is 4. The van der Waals surface area contributed by atoms with Gasteiger partial charge in [-0.25, -0.2) is 9.67 Å². The summed E-state index contributed by atoms with van der Waals surface area (Å²) in [4.78, 5) is 28.3. The Labute approximate surface area is 198 Å². The van der Waals surface area contributed by atoms with Crippen LogP contribution in [0.4, 0.5) is 5.82 Å². The first-order valence-electron chi connectivity index (χ1n) is 10.5. The molecule has 4 aromatic heterocycles. The highest BCUT2D eigenvalue weighted by molar-refractivity contribution is 6.30. The summed E-state index contributed by atoms with van der Waals surface area (Å²) in [7, 11) is 0. The molecule has 4 N–H and O–H groups in total. The largest absolute Gasteiger partial charge is 0.383 e. The molecule has 0 unspecified atom stereocenters. The van der Waals surface area contributed by atoms with Gasteiger partial charge >= 0.3 is 0 Å². The van der Waals surface area contributed by atoms with E-state index in [1.54, 1.807) is 17.1 Å². The van der Waals surface area contributed by atoms with Crippen LogP contribution in [0.2, 0.25) is 5.02 Å². The smallest absolute Gasteiger partial charge is 0.214 e. The third-order valence-electron chi connectivity index (χ3n) is 5.78. The first-order chi connectivity index (χ1) is 16.5. The molecule has 2 aromatic carbocycles. The lowest BCUT2D eigenvalue weighted by atomic mass is 10.1. The summed E-state index contributed by atoms with van der Waals surface area (Å²) in [5, 5.41) is 5.84. The number of nitrogen functional groups attached to an aromatic ring is 1. The van der Waals surface area contributed by atoms with Gasteiger partial charge in [-0.2, -0.15) is 5.10 Å². The Kier molecular flexibility index (Phi) is 4.50. The number of carbonyl (C=O) groups is 1. The molecule has 0 aliphatic rings. The number of aromatic amines is 2. The SMILES string of the molecule is Cc1nc2ccc(-n3ncc(C(=O)c4cc5ccc(-c6cncc(Cl)c6)cc5[nH]4)c3N)cc2[nH]1. The van der Waals surface area contributed by atoms with Gasteiger partial charge in [0.05, 0.1) is 39.2 Å². The Morgan fingerprint density at radius 3 is 2.71 bits per heavy atom. The number of anilines is 1. The van der Waals surface area contributed by atoms with E-state index in [0.29, 0.717) is 16.3 Å². The van der Waals surface area contributed by atoms with Crippen LogP contribution in [-0.2, 0) is 0 Å². The second kappa shape index (κ2) is 7.57. The predicted octanol–water partition coefficient (Wildman–Crippen LogP) is 5.07. The molecule has 0 radical (unpaired) electrons. The lowest BCUT2D eigenvalue weighted by molar-refractivity contribution is 0.103. The first kappa shape index (κ1) is 20.2. The minimum absolute atomic E-state index is 0.232. The van der Waals surface area contributed by atoms with Crippen molar-refractivity contribution in [2.45, 2.75) is 6.92 Å². The Bertz CT molecular complexity index is 1730. The maximum atomic E-state index is 13.3. The molecule has 166 valence electrons. The Balaban J connectivity index is 1.35. The standard InChI is InChI=1S/C25H18ClN7O/c1-13-30-20-5-4-18(9-22(20)31-13)33-25(27)19(12-29-33)24(34)23-8-15-3-2-14(7-21(15)32-23)16-6-17(26)11-28-10-16/h2-12,32H,27H2,1H3,(H,30,31). The summed E-state index contributed by atoms with van der Waals surface area (Å²) >= 11 is 6.08. The van der Waals surface area contributed by atoms with Crippen LogP contribution in [0.5, 0.6) is 0 Å². The van der Waals surface area contributed by atoms with E-state index in [4.69, 9.17) is 17.3 Å². The van der Waals surface area contributed by atoms with Crippen LogP contribution in [0.25, 0.3) is 38.8 Å². The number of hydrogen-bond donors (Lipinski definition) is 3. The topological polar surface area (TPSA) is 118 Å². The zero-order chi connectivity index (χ0) is 23.4. The quantitative estimate of drug-likeness (QED) is 0.313. The molecular weight excluding hydrogens is 450 g/mol. The molecule has 9 heteroatoms. The monoisotopic (exact) mass is 467 g/mol. The second-order valence-corrected chi connectivity index (χ2v) is 8.52. The van der Waals surface area contributed by atoms with Crippen LogP contribution in [-0.4, -0.2) is 35.5 Å². The summed E-state index contributed by atoms with van der Waals surface area (Å²) in [6.07, 6.45) is 4.83. The molecule has 0 saturated heterocycles. The number of hydrogen-bond acceptors (Lipinski definition) is 5. The van der Waals surface area contributed by atoms with Crippen molar-refractivity contribution in [2.24, 2.45) is 0 Å². The van der Waals surface area contributed by atoms with Gasteiger partial charge in [0.25, 0.3) is 0 Å². The maximum Gasteiger partial charge on any atom is 0.214 e. The lowest BCUT2D eigenvalue weighted by Crippen LogP contribution is -2.07. The van der Waals surface area contributed by atoms with Crippen LogP contribution < -0.4 is 5.73 Å².